The fourth-order valence-electron chi connectivity index (χ4n) is 1.13. The molecular formula is C12H16N2O2. The van der Waals surface area contributed by atoms with Crippen molar-refractivity contribution in [2.45, 2.75) is 6.42 Å². The number of benzene rings is 1. The molecule has 0 saturated heterocycles. The van der Waals surface area contributed by atoms with Crippen LogP contribution in [0.1, 0.15) is 12.0 Å². The van der Waals surface area contributed by atoms with Crippen molar-refractivity contribution in [3.63, 3.8) is 0 Å². The van der Waals surface area contributed by atoms with Gasteiger partial charge in [-0.2, -0.15) is 0 Å². The lowest BCUT2D eigenvalue weighted by Gasteiger charge is -1.99. The van der Waals surface area contributed by atoms with E-state index in [0.717, 1.165) is 12.0 Å². The quantitative estimate of drug-likeness (QED) is 0.509. The van der Waals surface area contributed by atoms with E-state index in [1.807, 2.05) is 0 Å². The highest BCUT2D eigenvalue weighted by Crippen LogP contribution is 2.10. The summed E-state index contributed by atoms with van der Waals surface area (Å²) in [5.41, 5.74) is 6.17. The van der Waals surface area contributed by atoms with E-state index < -0.39 is 0 Å². The van der Waals surface area contributed by atoms with Crippen molar-refractivity contribution >= 4 is 12.0 Å². The van der Waals surface area contributed by atoms with Crippen molar-refractivity contribution in [1.82, 2.24) is 5.32 Å². The first-order valence-electron chi connectivity index (χ1n) is 5.17. The zero-order valence-corrected chi connectivity index (χ0v) is 9.02. The highest BCUT2D eigenvalue weighted by atomic mass is 16.3. The lowest BCUT2D eigenvalue weighted by Crippen LogP contribution is -2.23. The molecule has 4 nitrogen and oxygen atoms in total. The normalized spacial score (nSPS) is 10.6. The Labute approximate surface area is 94.8 Å². The van der Waals surface area contributed by atoms with E-state index in [0.29, 0.717) is 13.1 Å². The number of aromatic hydroxyl groups is 1. The Balaban J connectivity index is 2.41. The van der Waals surface area contributed by atoms with Crippen molar-refractivity contribution in [2.75, 3.05) is 13.1 Å². The summed E-state index contributed by atoms with van der Waals surface area (Å²) >= 11 is 0. The van der Waals surface area contributed by atoms with Crippen LogP contribution in [-0.4, -0.2) is 24.1 Å². The maximum absolute atomic E-state index is 11.3. The molecule has 4 N–H and O–H groups in total. The van der Waals surface area contributed by atoms with Crippen LogP contribution in [0.4, 0.5) is 0 Å². The number of rotatable bonds is 5. The summed E-state index contributed by atoms with van der Waals surface area (Å²) in [6.07, 6.45) is 3.93. The average molecular weight is 220 g/mol. The monoisotopic (exact) mass is 220 g/mol. The first-order chi connectivity index (χ1) is 7.72. The number of nitrogens with one attached hydrogen (secondary N) is 1. The van der Waals surface area contributed by atoms with E-state index in [4.69, 9.17) is 10.8 Å². The molecule has 0 unspecified atom stereocenters. The van der Waals surface area contributed by atoms with E-state index in [1.165, 1.54) is 6.08 Å². The van der Waals surface area contributed by atoms with Crippen LogP contribution in [0.5, 0.6) is 5.75 Å². The zero-order chi connectivity index (χ0) is 11.8. The van der Waals surface area contributed by atoms with Crippen LogP contribution in [-0.2, 0) is 4.79 Å². The number of hydrogen-bond acceptors (Lipinski definition) is 3. The topological polar surface area (TPSA) is 75.3 Å². The standard InChI is InChI=1S/C12H16N2O2/c13-8-1-9-14-12(16)7-4-10-2-5-11(15)6-3-10/h2-7,15H,1,8-9,13H2,(H,14,16)/b7-4+. The third-order valence-corrected chi connectivity index (χ3v) is 2.00. The van der Waals surface area contributed by atoms with E-state index >= 15 is 0 Å². The number of carbonyl (C=O) groups is 1. The highest BCUT2D eigenvalue weighted by molar-refractivity contribution is 5.91. The molecule has 16 heavy (non-hydrogen) atoms. The molecule has 0 aliphatic rings. The Bertz CT molecular complexity index is 358. The molecule has 0 saturated carbocycles. The van der Waals surface area contributed by atoms with Crippen LogP contribution in [0.2, 0.25) is 0 Å². The van der Waals surface area contributed by atoms with Gasteiger partial charge in [-0.1, -0.05) is 12.1 Å². The number of carbonyl (C=O) groups excluding carboxylic acids is 1. The number of phenols is 1. The highest BCUT2D eigenvalue weighted by Gasteiger charge is 1.94. The van der Waals surface area contributed by atoms with Crippen LogP contribution in [0, 0.1) is 0 Å². The van der Waals surface area contributed by atoms with Gasteiger partial charge in [0, 0.05) is 12.6 Å². The van der Waals surface area contributed by atoms with Crippen molar-refractivity contribution in [2.24, 2.45) is 5.73 Å². The molecule has 0 aliphatic carbocycles. The number of amides is 1. The molecule has 1 aromatic rings. The summed E-state index contributed by atoms with van der Waals surface area (Å²) in [5.74, 6) is 0.0751. The predicted molar refractivity (Wildman–Crippen MR) is 63.8 cm³/mol. The van der Waals surface area contributed by atoms with Gasteiger partial charge in [-0.15, -0.1) is 0 Å². The van der Waals surface area contributed by atoms with Gasteiger partial charge in [-0.05, 0) is 36.7 Å². The number of hydrogen-bond donors (Lipinski definition) is 3. The molecular weight excluding hydrogens is 204 g/mol. The lowest BCUT2D eigenvalue weighted by molar-refractivity contribution is -0.116. The van der Waals surface area contributed by atoms with Gasteiger partial charge in [0.1, 0.15) is 5.75 Å². The van der Waals surface area contributed by atoms with E-state index in [-0.39, 0.29) is 11.7 Å². The second-order valence-electron chi connectivity index (χ2n) is 3.36. The maximum atomic E-state index is 11.3. The SMILES string of the molecule is NCCCNC(=O)/C=C/c1ccc(O)cc1. The molecule has 0 aromatic heterocycles. The Morgan fingerprint density at radius 2 is 2.06 bits per heavy atom. The molecule has 1 rings (SSSR count). The van der Waals surface area contributed by atoms with Crippen LogP contribution in [0.25, 0.3) is 6.08 Å². The van der Waals surface area contributed by atoms with Crippen LogP contribution < -0.4 is 11.1 Å². The molecule has 4 heteroatoms. The van der Waals surface area contributed by atoms with Crippen molar-refractivity contribution in [3.8, 4) is 5.75 Å². The first kappa shape index (κ1) is 12.3. The van der Waals surface area contributed by atoms with E-state index in [9.17, 15) is 4.79 Å². The molecule has 1 amide bonds. The molecule has 1 aromatic carbocycles. The van der Waals surface area contributed by atoms with Gasteiger partial charge in [0.2, 0.25) is 5.91 Å². The molecule has 86 valence electrons. The lowest BCUT2D eigenvalue weighted by atomic mass is 10.2. The van der Waals surface area contributed by atoms with Crippen molar-refractivity contribution in [1.29, 1.82) is 0 Å². The minimum Gasteiger partial charge on any atom is -0.508 e. The summed E-state index contributed by atoms with van der Waals surface area (Å²) in [5, 5.41) is 11.8. The van der Waals surface area contributed by atoms with Gasteiger partial charge in [0.15, 0.2) is 0 Å². The van der Waals surface area contributed by atoms with E-state index in [2.05, 4.69) is 5.32 Å². The molecule has 0 bridgehead atoms. The molecule has 0 fully saturated rings. The van der Waals surface area contributed by atoms with Gasteiger partial charge < -0.3 is 16.2 Å². The third kappa shape index (κ3) is 4.61. The molecule has 0 aliphatic heterocycles. The minimum atomic E-state index is -0.137. The van der Waals surface area contributed by atoms with Crippen LogP contribution >= 0.6 is 0 Å². The summed E-state index contributed by atoms with van der Waals surface area (Å²) in [7, 11) is 0. The fraction of sp³-hybridized carbons (Fsp3) is 0.250. The maximum Gasteiger partial charge on any atom is 0.243 e. The summed E-state index contributed by atoms with van der Waals surface area (Å²) in [6, 6.07) is 6.62. The van der Waals surface area contributed by atoms with Crippen LogP contribution in [0.15, 0.2) is 30.3 Å². The Morgan fingerprint density at radius 1 is 1.38 bits per heavy atom. The van der Waals surface area contributed by atoms with Crippen LogP contribution in [0.3, 0.4) is 0 Å². The van der Waals surface area contributed by atoms with E-state index in [1.54, 1.807) is 30.3 Å². The first-order valence-corrected chi connectivity index (χ1v) is 5.17. The van der Waals surface area contributed by atoms with Gasteiger partial charge in [0.05, 0.1) is 0 Å². The second kappa shape index (κ2) is 6.63. The number of nitrogens with two attached hydrogens (primary N) is 1. The van der Waals surface area contributed by atoms with Crippen molar-refractivity contribution < 1.29 is 9.90 Å². The molecule has 0 spiro atoms. The largest absolute Gasteiger partial charge is 0.508 e. The average Bonchev–Trinajstić information content (AvgIpc) is 2.29. The molecule has 0 heterocycles. The van der Waals surface area contributed by atoms with Gasteiger partial charge >= 0.3 is 0 Å². The van der Waals surface area contributed by atoms with Gasteiger partial charge in [0.25, 0.3) is 0 Å². The smallest absolute Gasteiger partial charge is 0.243 e. The Kier molecular flexibility index (Phi) is 5.08. The zero-order valence-electron chi connectivity index (χ0n) is 9.02. The minimum absolute atomic E-state index is 0.137. The third-order valence-electron chi connectivity index (χ3n) is 2.00. The molecule has 0 atom stereocenters. The summed E-state index contributed by atoms with van der Waals surface area (Å²) in [6.45, 7) is 1.16. The summed E-state index contributed by atoms with van der Waals surface area (Å²) < 4.78 is 0. The predicted octanol–water partition coefficient (Wildman–Crippen LogP) is 0.870. The summed E-state index contributed by atoms with van der Waals surface area (Å²) in [4.78, 5) is 11.3. The van der Waals surface area contributed by atoms with Gasteiger partial charge in [-0.25, -0.2) is 0 Å². The second-order valence-corrected chi connectivity index (χ2v) is 3.36. The van der Waals surface area contributed by atoms with Crippen molar-refractivity contribution in [3.05, 3.63) is 35.9 Å². The number of phenolic OH excluding ortho intramolecular Hbond substituents is 1. The van der Waals surface area contributed by atoms with Gasteiger partial charge in [-0.3, -0.25) is 4.79 Å². The Morgan fingerprint density at radius 3 is 2.69 bits per heavy atom. The Hall–Kier alpha value is -1.81. The fourth-order valence-corrected chi connectivity index (χ4v) is 1.13. The molecule has 0 radical (unpaired) electrons.